The number of hydrogen-bond donors (Lipinski definition) is 1. The van der Waals surface area contributed by atoms with Crippen LogP contribution in [0.1, 0.15) is 26.7 Å². The van der Waals surface area contributed by atoms with Crippen molar-refractivity contribution in [2.24, 2.45) is 5.92 Å². The summed E-state index contributed by atoms with van der Waals surface area (Å²) in [5.74, 6) is 0.689. The van der Waals surface area contributed by atoms with Gasteiger partial charge in [0.25, 0.3) is 0 Å². The maximum Gasteiger partial charge on any atom is 0.223 e. The molecule has 1 atom stereocenters. The van der Waals surface area contributed by atoms with Crippen LogP contribution in [0.15, 0.2) is 0 Å². The molecule has 0 radical (unpaired) electrons. The quantitative estimate of drug-likeness (QED) is 0.686. The molecule has 0 aromatic rings. The summed E-state index contributed by atoms with van der Waals surface area (Å²) in [4.78, 5) is 13.9. The van der Waals surface area contributed by atoms with Crippen molar-refractivity contribution in [2.45, 2.75) is 32.2 Å². The molecular formula is C12H24N2O2. The van der Waals surface area contributed by atoms with Crippen LogP contribution < -0.4 is 5.32 Å². The Kier molecular flexibility index (Phi) is 4.74. The summed E-state index contributed by atoms with van der Waals surface area (Å²) in [7, 11) is 3.63. The second kappa shape index (κ2) is 5.64. The van der Waals surface area contributed by atoms with E-state index < -0.39 is 0 Å². The molecule has 16 heavy (non-hydrogen) atoms. The fraction of sp³-hybridized carbons (Fsp3) is 0.917. The van der Waals surface area contributed by atoms with Crippen molar-refractivity contribution in [2.75, 3.05) is 33.9 Å². The van der Waals surface area contributed by atoms with Gasteiger partial charge in [0, 0.05) is 44.7 Å². The Hall–Kier alpha value is -0.610. The van der Waals surface area contributed by atoms with Crippen LogP contribution in [0, 0.1) is 5.92 Å². The van der Waals surface area contributed by atoms with Crippen LogP contribution in [0.3, 0.4) is 0 Å². The summed E-state index contributed by atoms with van der Waals surface area (Å²) in [5, 5.41) is 3.17. The zero-order valence-electron chi connectivity index (χ0n) is 10.9. The molecule has 1 saturated heterocycles. The first kappa shape index (κ1) is 13.5. The Morgan fingerprint density at radius 2 is 2.25 bits per heavy atom. The lowest BCUT2D eigenvalue weighted by Crippen LogP contribution is -2.46. The number of hydrogen-bond acceptors (Lipinski definition) is 3. The van der Waals surface area contributed by atoms with E-state index in [2.05, 4.69) is 19.2 Å². The standard InChI is InChI=1S/C12H24N2O2/c1-12(2)10(9-13-3)8-11(15)14(12)6-5-7-16-4/h10,13H,5-9H2,1-4H3. The average molecular weight is 228 g/mol. The molecule has 1 aliphatic rings. The van der Waals surface area contributed by atoms with Crippen molar-refractivity contribution < 1.29 is 9.53 Å². The summed E-state index contributed by atoms with van der Waals surface area (Å²) in [6.07, 6.45) is 1.58. The highest BCUT2D eigenvalue weighted by Gasteiger charge is 2.44. The number of rotatable bonds is 6. The molecule has 1 fully saturated rings. The van der Waals surface area contributed by atoms with Crippen LogP contribution in [-0.4, -0.2) is 50.2 Å². The summed E-state index contributed by atoms with van der Waals surface area (Å²) < 4.78 is 5.03. The summed E-state index contributed by atoms with van der Waals surface area (Å²) in [6, 6.07) is 0. The topological polar surface area (TPSA) is 41.6 Å². The highest BCUT2D eigenvalue weighted by molar-refractivity contribution is 5.80. The molecule has 1 N–H and O–H groups in total. The van der Waals surface area contributed by atoms with E-state index >= 15 is 0 Å². The molecule has 1 heterocycles. The third-order valence-electron chi connectivity index (χ3n) is 3.60. The first-order chi connectivity index (χ1) is 7.54. The van der Waals surface area contributed by atoms with E-state index in [0.717, 1.165) is 26.1 Å². The van der Waals surface area contributed by atoms with Gasteiger partial charge in [-0.15, -0.1) is 0 Å². The van der Waals surface area contributed by atoms with E-state index in [0.29, 0.717) is 12.3 Å². The van der Waals surface area contributed by atoms with Gasteiger partial charge in [-0.1, -0.05) is 0 Å². The first-order valence-electron chi connectivity index (χ1n) is 5.98. The number of carbonyl (C=O) groups is 1. The van der Waals surface area contributed by atoms with E-state index in [9.17, 15) is 4.79 Å². The van der Waals surface area contributed by atoms with Gasteiger partial charge < -0.3 is 15.0 Å². The lowest BCUT2D eigenvalue weighted by Gasteiger charge is -2.36. The predicted octanol–water partition coefficient (Wildman–Crippen LogP) is 0.869. The molecule has 0 aliphatic carbocycles. The van der Waals surface area contributed by atoms with Gasteiger partial charge in [-0.25, -0.2) is 0 Å². The molecule has 4 nitrogen and oxygen atoms in total. The lowest BCUT2D eigenvalue weighted by molar-refractivity contribution is -0.130. The molecule has 0 bridgehead atoms. The fourth-order valence-corrected chi connectivity index (χ4v) is 2.46. The van der Waals surface area contributed by atoms with Crippen molar-refractivity contribution in [1.82, 2.24) is 10.2 Å². The highest BCUT2D eigenvalue weighted by atomic mass is 16.5. The third kappa shape index (κ3) is 2.74. The molecule has 1 amide bonds. The van der Waals surface area contributed by atoms with E-state index in [4.69, 9.17) is 4.74 Å². The molecular weight excluding hydrogens is 204 g/mol. The fourth-order valence-electron chi connectivity index (χ4n) is 2.46. The summed E-state index contributed by atoms with van der Waals surface area (Å²) in [6.45, 7) is 6.75. The lowest BCUT2D eigenvalue weighted by atomic mass is 9.88. The number of methoxy groups -OCH3 is 1. The Balaban J connectivity index is 2.58. The minimum Gasteiger partial charge on any atom is -0.385 e. The maximum absolute atomic E-state index is 11.9. The predicted molar refractivity (Wildman–Crippen MR) is 64.3 cm³/mol. The zero-order chi connectivity index (χ0) is 12.2. The zero-order valence-corrected chi connectivity index (χ0v) is 10.9. The Labute approximate surface area is 98.3 Å². The third-order valence-corrected chi connectivity index (χ3v) is 3.60. The van der Waals surface area contributed by atoms with Gasteiger partial charge in [0.1, 0.15) is 0 Å². The first-order valence-corrected chi connectivity index (χ1v) is 5.98. The van der Waals surface area contributed by atoms with Crippen molar-refractivity contribution in [3.63, 3.8) is 0 Å². The van der Waals surface area contributed by atoms with Crippen LogP contribution in [0.2, 0.25) is 0 Å². The highest BCUT2D eigenvalue weighted by Crippen LogP contribution is 2.34. The smallest absolute Gasteiger partial charge is 0.223 e. The Morgan fingerprint density at radius 3 is 2.81 bits per heavy atom. The van der Waals surface area contributed by atoms with Gasteiger partial charge in [-0.3, -0.25) is 4.79 Å². The average Bonchev–Trinajstić information content (AvgIpc) is 2.42. The van der Waals surface area contributed by atoms with Crippen LogP contribution in [0.5, 0.6) is 0 Å². The van der Waals surface area contributed by atoms with Crippen molar-refractivity contribution >= 4 is 5.91 Å². The number of nitrogens with zero attached hydrogens (tertiary/aromatic N) is 1. The number of carbonyl (C=O) groups excluding carboxylic acids is 1. The number of ether oxygens (including phenoxy) is 1. The molecule has 4 heteroatoms. The Morgan fingerprint density at radius 1 is 1.56 bits per heavy atom. The molecule has 1 unspecified atom stereocenters. The van der Waals surface area contributed by atoms with Crippen LogP contribution in [0.25, 0.3) is 0 Å². The van der Waals surface area contributed by atoms with Gasteiger partial charge in [-0.05, 0) is 27.3 Å². The minimum atomic E-state index is -0.0339. The van der Waals surface area contributed by atoms with E-state index in [1.54, 1.807) is 7.11 Å². The maximum atomic E-state index is 11.9. The van der Waals surface area contributed by atoms with Gasteiger partial charge in [0.15, 0.2) is 0 Å². The summed E-state index contributed by atoms with van der Waals surface area (Å²) >= 11 is 0. The van der Waals surface area contributed by atoms with E-state index in [1.165, 1.54) is 0 Å². The van der Waals surface area contributed by atoms with Crippen molar-refractivity contribution in [1.29, 1.82) is 0 Å². The summed E-state index contributed by atoms with van der Waals surface area (Å²) in [5.41, 5.74) is -0.0339. The van der Waals surface area contributed by atoms with E-state index in [-0.39, 0.29) is 11.4 Å². The number of likely N-dealkylation sites (tertiary alicyclic amines) is 1. The van der Waals surface area contributed by atoms with Gasteiger partial charge in [-0.2, -0.15) is 0 Å². The minimum absolute atomic E-state index is 0.0339. The molecule has 94 valence electrons. The van der Waals surface area contributed by atoms with Crippen LogP contribution >= 0.6 is 0 Å². The second-order valence-corrected chi connectivity index (χ2v) is 5.00. The molecule has 0 aromatic carbocycles. The molecule has 0 spiro atoms. The largest absolute Gasteiger partial charge is 0.385 e. The van der Waals surface area contributed by atoms with Crippen LogP contribution in [-0.2, 0) is 9.53 Å². The molecule has 1 aliphatic heterocycles. The van der Waals surface area contributed by atoms with Gasteiger partial charge >= 0.3 is 0 Å². The van der Waals surface area contributed by atoms with E-state index in [1.807, 2.05) is 11.9 Å². The van der Waals surface area contributed by atoms with Crippen molar-refractivity contribution in [3.8, 4) is 0 Å². The van der Waals surface area contributed by atoms with Gasteiger partial charge in [0.05, 0.1) is 0 Å². The SMILES string of the molecule is CNCC1CC(=O)N(CCCOC)C1(C)C. The monoisotopic (exact) mass is 228 g/mol. The van der Waals surface area contributed by atoms with Crippen LogP contribution in [0.4, 0.5) is 0 Å². The normalized spacial score (nSPS) is 24.1. The molecule has 0 aromatic heterocycles. The van der Waals surface area contributed by atoms with Crippen molar-refractivity contribution in [3.05, 3.63) is 0 Å². The second-order valence-electron chi connectivity index (χ2n) is 5.00. The molecule has 1 rings (SSSR count). The number of nitrogens with one attached hydrogen (secondary N) is 1. The molecule has 0 saturated carbocycles. The van der Waals surface area contributed by atoms with Gasteiger partial charge in [0.2, 0.25) is 5.91 Å². The number of amides is 1. The Bertz CT molecular complexity index is 241.